The topological polar surface area (TPSA) is 52.6 Å². The molecular formula is C22H32O4. The van der Waals surface area contributed by atoms with Crippen LogP contribution in [0, 0.1) is 17.8 Å². The van der Waals surface area contributed by atoms with Gasteiger partial charge in [0.25, 0.3) is 0 Å². The van der Waals surface area contributed by atoms with E-state index in [0.29, 0.717) is 12.3 Å². The van der Waals surface area contributed by atoms with Gasteiger partial charge in [-0.15, -0.1) is 0 Å². The van der Waals surface area contributed by atoms with E-state index in [1.807, 2.05) is 0 Å². The standard InChI is InChI=1S/C22H32O4/c1-14(2)8-6-10-16(4)20-19-12-15(3)9-7-11-18(13-25-17(5)23)21(20)22(24)26-19/h8-9,13,16,19-21H,6-7,10-12H2,1-5H3/b15-9-,18-13-/t16-,19-,20-,21+/m1/s1. The number of esters is 2. The van der Waals surface area contributed by atoms with Gasteiger partial charge in [0.05, 0.1) is 12.2 Å². The zero-order valence-electron chi connectivity index (χ0n) is 16.7. The molecule has 0 aromatic heterocycles. The second-order valence-corrected chi connectivity index (χ2v) is 7.96. The Morgan fingerprint density at radius 3 is 2.77 bits per heavy atom. The van der Waals surface area contributed by atoms with Gasteiger partial charge in [-0.1, -0.05) is 30.2 Å². The Hall–Kier alpha value is -1.84. The molecule has 144 valence electrons. The van der Waals surface area contributed by atoms with Crippen LogP contribution in [0.4, 0.5) is 0 Å². The number of ether oxygens (including phenoxy) is 2. The summed E-state index contributed by atoms with van der Waals surface area (Å²) in [5, 5.41) is 0. The van der Waals surface area contributed by atoms with E-state index in [1.165, 1.54) is 24.3 Å². The van der Waals surface area contributed by atoms with Crippen molar-refractivity contribution in [1.82, 2.24) is 0 Å². The molecule has 0 radical (unpaired) electrons. The highest BCUT2D eigenvalue weighted by molar-refractivity contribution is 5.79. The second kappa shape index (κ2) is 9.20. The third-order valence-corrected chi connectivity index (χ3v) is 5.39. The van der Waals surface area contributed by atoms with Gasteiger partial charge >= 0.3 is 11.9 Å². The number of carbonyl (C=O) groups is 2. The third-order valence-electron chi connectivity index (χ3n) is 5.39. The van der Waals surface area contributed by atoms with Crippen molar-refractivity contribution in [3.63, 3.8) is 0 Å². The fourth-order valence-electron chi connectivity index (χ4n) is 4.10. The summed E-state index contributed by atoms with van der Waals surface area (Å²) < 4.78 is 10.9. The highest BCUT2D eigenvalue weighted by atomic mass is 16.6. The Morgan fingerprint density at radius 1 is 1.38 bits per heavy atom. The first-order chi connectivity index (χ1) is 12.3. The van der Waals surface area contributed by atoms with Crippen LogP contribution in [0.25, 0.3) is 0 Å². The molecule has 1 aliphatic heterocycles. The second-order valence-electron chi connectivity index (χ2n) is 7.96. The SMILES string of the molecule is CC(=O)O/C=C1/CC/C=C(/C)C[C@H]2OC(=O)[C@@H]1[C@@H]2[C@H](C)CCC=C(C)C. The molecule has 0 aromatic rings. The van der Waals surface area contributed by atoms with E-state index in [-0.39, 0.29) is 29.9 Å². The van der Waals surface area contributed by atoms with Crippen molar-refractivity contribution in [1.29, 1.82) is 0 Å². The predicted molar refractivity (Wildman–Crippen MR) is 102 cm³/mol. The summed E-state index contributed by atoms with van der Waals surface area (Å²) in [6, 6.07) is 0. The maximum Gasteiger partial charge on any atom is 0.313 e. The lowest BCUT2D eigenvalue weighted by Gasteiger charge is -2.27. The fraction of sp³-hybridized carbons (Fsp3) is 0.636. The summed E-state index contributed by atoms with van der Waals surface area (Å²) in [6.45, 7) is 9.91. The number of rotatable bonds is 5. The minimum atomic E-state index is -0.361. The van der Waals surface area contributed by atoms with Gasteiger partial charge < -0.3 is 9.47 Å². The number of hydrogen-bond donors (Lipinski definition) is 0. The lowest BCUT2D eigenvalue weighted by atomic mass is 9.74. The van der Waals surface area contributed by atoms with Gasteiger partial charge in [-0.2, -0.15) is 0 Å². The van der Waals surface area contributed by atoms with Gasteiger partial charge in [-0.3, -0.25) is 9.59 Å². The van der Waals surface area contributed by atoms with Gasteiger partial charge in [-0.25, -0.2) is 0 Å². The molecule has 1 heterocycles. The first-order valence-corrected chi connectivity index (χ1v) is 9.65. The van der Waals surface area contributed by atoms with Gasteiger partial charge in [0.15, 0.2) is 0 Å². The predicted octanol–water partition coefficient (Wildman–Crippen LogP) is 5.10. The van der Waals surface area contributed by atoms with E-state index in [4.69, 9.17) is 9.47 Å². The highest BCUT2D eigenvalue weighted by Crippen LogP contribution is 2.44. The molecule has 2 rings (SSSR count). The maximum absolute atomic E-state index is 12.7. The van der Waals surface area contributed by atoms with Crippen LogP contribution in [0.2, 0.25) is 0 Å². The summed E-state index contributed by atoms with van der Waals surface area (Å²) in [7, 11) is 0. The number of carbonyl (C=O) groups excluding carboxylic acids is 2. The van der Waals surface area contributed by atoms with Crippen molar-refractivity contribution < 1.29 is 19.1 Å². The van der Waals surface area contributed by atoms with E-state index in [0.717, 1.165) is 31.3 Å². The molecular weight excluding hydrogens is 328 g/mol. The van der Waals surface area contributed by atoms with Gasteiger partial charge in [0.2, 0.25) is 0 Å². The maximum atomic E-state index is 12.7. The summed E-state index contributed by atoms with van der Waals surface area (Å²) in [5.74, 6) is -0.363. The van der Waals surface area contributed by atoms with Gasteiger partial charge in [-0.05, 0) is 57.9 Å². The molecule has 2 aliphatic rings. The first kappa shape index (κ1) is 20.5. The summed E-state index contributed by atoms with van der Waals surface area (Å²) in [6.07, 6.45) is 10.3. The van der Waals surface area contributed by atoms with E-state index >= 15 is 0 Å². The number of fused-ring (bicyclic) bond motifs is 2. The zero-order chi connectivity index (χ0) is 19.3. The quantitative estimate of drug-likeness (QED) is 0.389. The monoisotopic (exact) mass is 360 g/mol. The van der Waals surface area contributed by atoms with Gasteiger partial charge in [0.1, 0.15) is 6.10 Å². The molecule has 0 spiro atoms. The Kier molecular flexibility index (Phi) is 7.24. The Labute approximate surface area is 157 Å². The van der Waals surface area contributed by atoms with Gasteiger partial charge in [0, 0.05) is 19.3 Å². The van der Waals surface area contributed by atoms with Crippen LogP contribution in [0.3, 0.4) is 0 Å². The van der Waals surface area contributed by atoms with E-state index in [1.54, 1.807) is 0 Å². The minimum absolute atomic E-state index is 0.0933. The fourth-order valence-corrected chi connectivity index (χ4v) is 4.10. The lowest BCUT2D eigenvalue weighted by Crippen LogP contribution is -2.29. The van der Waals surface area contributed by atoms with Crippen LogP contribution in [-0.2, 0) is 19.1 Å². The molecule has 4 heteroatoms. The average Bonchev–Trinajstić information content (AvgIpc) is 2.88. The van der Waals surface area contributed by atoms with Crippen molar-refractivity contribution in [2.24, 2.45) is 17.8 Å². The lowest BCUT2D eigenvalue weighted by molar-refractivity contribution is -0.144. The van der Waals surface area contributed by atoms with E-state index < -0.39 is 0 Å². The van der Waals surface area contributed by atoms with Crippen molar-refractivity contribution in [3.05, 3.63) is 35.1 Å². The molecule has 26 heavy (non-hydrogen) atoms. The largest absolute Gasteiger partial charge is 0.461 e. The summed E-state index contributed by atoms with van der Waals surface area (Å²) in [4.78, 5) is 24.0. The molecule has 4 atom stereocenters. The number of allylic oxidation sites excluding steroid dienone is 3. The van der Waals surface area contributed by atoms with Crippen LogP contribution >= 0.6 is 0 Å². The minimum Gasteiger partial charge on any atom is -0.461 e. The third kappa shape index (κ3) is 5.33. The summed E-state index contributed by atoms with van der Waals surface area (Å²) in [5.41, 5.74) is 3.47. The Balaban J connectivity index is 2.31. The molecule has 1 fully saturated rings. The van der Waals surface area contributed by atoms with Crippen molar-refractivity contribution in [2.45, 2.75) is 72.8 Å². The van der Waals surface area contributed by atoms with Crippen LogP contribution in [0.1, 0.15) is 66.7 Å². The van der Waals surface area contributed by atoms with Crippen LogP contribution in [-0.4, -0.2) is 18.0 Å². The molecule has 0 amide bonds. The molecule has 4 nitrogen and oxygen atoms in total. The first-order valence-electron chi connectivity index (χ1n) is 9.65. The van der Waals surface area contributed by atoms with E-state index in [9.17, 15) is 9.59 Å². The van der Waals surface area contributed by atoms with E-state index in [2.05, 4.69) is 39.8 Å². The Bertz CT molecular complexity index is 622. The van der Waals surface area contributed by atoms with Crippen molar-refractivity contribution >= 4 is 11.9 Å². The Morgan fingerprint density at radius 2 is 2.12 bits per heavy atom. The molecule has 1 saturated heterocycles. The molecule has 0 saturated carbocycles. The van der Waals surface area contributed by atoms with Crippen LogP contribution in [0.15, 0.2) is 35.1 Å². The smallest absolute Gasteiger partial charge is 0.313 e. The normalized spacial score (nSPS) is 30.3. The van der Waals surface area contributed by atoms with Crippen molar-refractivity contribution in [3.8, 4) is 0 Å². The zero-order valence-corrected chi connectivity index (χ0v) is 16.7. The highest BCUT2D eigenvalue weighted by Gasteiger charge is 2.48. The summed E-state index contributed by atoms with van der Waals surface area (Å²) >= 11 is 0. The molecule has 0 aromatic carbocycles. The molecule has 1 aliphatic carbocycles. The molecule has 0 N–H and O–H groups in total. The van der Waals surface area contributed by atoms with Crippen LogP contribution in [0.5, 0.6) is 0 Å². The average molecular weight is 360 g/mol. The van der Waals surface area contributed by atoms with Crippen LogP contribution < -0.4 is 0 Å². The number of hydrogen-bond acceptors (Lipinski definition) is 4. The molecule has 2 bridgehead atoms. The van der Waals surface area contributed by atoms with Crippen molar-refractivity contribution in [2.75, 3.05) is 0 Å². The molecule has 0 unspecified atom stereocenters.